The van der Waals surface area contributed by atoms with Crippen molar-refractivity contribution in [3.8, 4) is 0 Å². The maximum Gasteiger partial charge on any atom is 0.354 e. The smallest absolute Gasteiger partial charge is 0.354 e. The monoisotopic (exact) mass is 245 g/mol. The second kappa shape index (κ2) is 7.06. The molecule has 18 heavy (non-hydrogen) atoms. The Morgan fingerprint density at radius 1 is 1.22 bits per heavy atom. The number of hydrogen-bond donors (Lipinski definition) is 1. The molecule has 0 saturated heterocycles. The van der Waals surface area contributed by atoms with Crippen LogP contribution in [0.15, 0.2) is 54.3 Å². The quantitative estimate of drug-likeness (QED) is 0.502. The van der Waals surface area contributed by atoms with Crippen molar-refractivity contribution in [1.29, 1.82) is 0 Å². The van der Waals surface area contributed by atoms with E-state index in [2.05, 4.69) is 10.1 Å². The van der Waals surface area contributed by atoms with E-state index in [0.29, 0.717) is 5.56 Å². The molecular weight excluding hydrogens is 230 g/mol. The van der Waals surface area contributed by atoms with Crippen molar-refractivity contribution in [1.82, 2.24) is 5.32 Å². The number of allylic oxidation sites excluding steroid dienone is 3. The van der Waals surface area contributed by atoms with Gasteiger partial charge in [0.05, 0.1) is 7.11 Å². The van der Waals surface area contributed by atoms with Gasteiger partial charge in [0.25, 0.3) is 5.91 Å². The Labute approximate surface area is 106 Å². The maximum absolute atomic E-state index is 11.9. The average Bonchev–Trinajstić information content (AvgIpc) is 2.43. The fourth-order valence-electron chi connectivity index (χ4n) is 1.25. The first-order valence-corrected chi connectivity index (χ1v) is 5.46. The minimum atomic E-state index is -0.586. The van der Waals surface area contributed by atoms with Crippen molar-refractivity contribution in [2.24, 2.45) is 0 Å². The third-order valence-corrected chi connectivity index (χ3v) is 2.14. The van der Waals surface area contributed by atoms with E-state index in [4.69, 9.17) is 0 Å². The molecule has 0 aromatic heterocycles. The van der Waals surface area contributed by atoms with Gasteiger partial charge in [-0.2, -0.15) is 0 Å². The average molecular weight is 245 g/mol. The molecule has 0 atom stereocenters. The van der Waals surface area contributed by atoms with Gasteiger partial charge in [-0.1, -0.05) is 30.4 Å². The largest absolute Gasteiger partial charge is 0.464 e. The Hall–Kier alpha value is -2.36. The summed E-state index contributed by atoms with van der Waals surface area (Å²) in [6.45, 7) is 1.81. The molecule has 0 fully saturated rings. The highest BCUT2D eigenvalue weighted by atomic mass is 16.5. The number of carbonyl (C=O) groups excluding carboxylic acids is 2. The van der Waals surface area contributed by atoms with Crippen LogP contribution in [0.25, 0.3) is 0 Å². The van der Waals surface area contributed by atoms with E-state index in [-0.39, 0.29) is 11.6 Å². The molecule has 1 aromatic carbocycles. The normalized spacial score (nSPS) is 11.3. The maximum atomic E-state index is 11.9. The van der Waals surface area contributed by atoms with Crippen molar-refractivity contribution in [2.75, 3.05) is 7.11 Å². The van der Waals surface area contributed by atoms with Gasteiger partial charge in [0, 0.05) is 5.56 Å². The summed E-state index contributed by atoms with van der Waals surface area (Å²) in [6.07, 6.45) is 4.89. The summed E-state index contributed by atoms with van der Waals surface area (Å²) in [4.78, 5) is 23.3. The summed E-state index contributed by atoms with van der Waals surface area (Å²) in [5.41, 5.74) is 0.581. The van der Waals surface area contributed by atoms with Gasteiger partial charge in [-0.25, -0.2) is 4.79 Å². The molecule has 4 heteroatoms. The molecule has 0 aliphatic heterocycles. The Morgan fingerprint density at radius 2 is 1.89 bits per heavy atom. The van der Waals surface area contributed by atoms with Gasteiger partial charge in [-0.15, -0.1) is 0 Å². The summed E-state index contributed by atoms with van der Waals surface area (Å²) in [5.74, 6) is -0.936. The lowest BCUT2D eigenvalue weighted by Crippen LogP contribution is -2.28. The number of nitrogens with one attached hydrogen (secondary N) is 1. The number of esters is 1. The molecule has 1 N–H and O–H groups in total. The van der Waals surface area contributed by atoms with E-state index in [1.807, 2.05) is 13.0 Å². The summed E-state index contributed by atoms with van der Waals surface area (Å²) in [6, 6.07) is 8.65. The Kier molecular flexibility index (Phi) is 5.38. The van der Waals surface area contributed by atoms with Crippen molar-refractivity contribution < 1.29 is 14.3 Å². The van der Waals surface area contributed by atoms with Crippen LogP contribution in [0.4, 0.5) is 0 Å². The zero-order valence-electron chi connectivity index (χ0n) is 10.3. The minimum absolute atomic E-state index is 0.101. The van der Waals surface area contributed by atoms with Crippen molar-refractivity contribution in [2.45, 2.75) is 6.92 Å². The molecule has 4 nitrogen and oxygen atoms in total. The van der Waals surface area contributed by atoms with Crippen LogP contribution in [-0.4, -0.2) is 19.0 Å². The molecule has 0 saturated carbocycles. The van der Waals surface area contributed by atoms with Crippen molar-refractivity contribution >= 4 is 11.9 Å². The van der Waals surface area contributed by atoms with Crippen molar-refractivity contribution in [3.63, 3.8) is 0 Å². The predicted molar refractivity (Wildman–Crippen MR) is 68.8 cm³/mol. The Balaban J connectivity index is 2.85. The summed E-state index contributed by atoms with van der Waals surface area (Å²) in [5, 5.41) is 2.52. The molecule has 0 aliphatic carbocycles. The minimum Gasteiger partial charge on any atom is -0.464 e. The van der Waals surface area contributed by atoms with Gasteiger partial charge < -0.3 is 10.1 Å². The molecule has 1 rings (SSSR count). The van der Waals surface area contributed by atoms with Crippen LogP contribution in [-0.2, 0) is 9.53 Å². The van der Waals surface area contributed by atoms with Crippen LogP contribution < -0.4 is 5.32 Å². The number of ether oxygens (including phenoxy) is 1. The van der Waals surface area contributed by atoms with E-state index in [1.165, 1.54) is 13.2 Å². The number of carbonyl (C=O) groups is 2. The summed E-state index contributed by atoms with van der Waals surface area (Å²) < 4.78 is 4.59. The van der Waals surface area contributed by atoms with Crippen LogP contribution in [0.5, 0.6) is 0 Å². The van der Waals surface area contributed by atoms with Gasteiger partial charge in [0.2, 0.25) is 0 Å². The molecule has 0 radical (unpaired) electrons. The zero-order chi connectivity index (χ0) is 13.4. The molecule has 0 unspecified atom stereocenters. The second-order valence-electron chi connectivity index (χ2n) is 3.42. The Morgan fingerprint density at radius 3 is 2.44 bits per heavy atom. The van der Waals surface area contributed by atoms with E-state index >= 15 is 0 Å². The molecule has 0 spiro atoms. The first kappa shape index (κ1) is 13.7. The first-order valence-electron chi connectivity index (χ1n) is 5.46. The first-order chi connectivity index (χ1) is 8.69. The van der Waals surface area contributed by atoms with E-state index in [1.54, 1.807) is 36.4 Å². The van der Waals surface area contributed by atoms with Gasteiger partial charge in [0.15, 0.2) is 0 Å². The second-order valence-corrected chi connectivity index (χ2v) is 3.42. The molecule has 0 bridgehead atoms. The molecule has 0 aliphatic rings. The molecular formula is C14H15NO3. The van der Waals surface area contributed by atoms with Crippen LogP contribution in [0.2, 0.25) is 0 Å². The van der Waals surface area contributed by atoms with Gasteiger partial charge in [0.1, 0.15) is 5.70 Å². The molecule has 0 heterocycles. The van der Waals surface area contributed by atoms with E-state index in [9.17, 15) is 9.59 Å². The van der Waals surface area contributed by atoms with Crippen molar-refractivity contribution in [3.05, 3.63) is 59.8 Å². The number of amides is 1. The van der Waals surface area contributed by atoms with E-state index < -0.39 is 5.97 Å². The zero-order valence-corrected chi connectivity index (χ0v) is 10.3. The number of benzene rings is 1. The SMILES string of the molecule is C/C=C/C=C(\NC(=O)c1ccccc1)C(=O)OC. The topological polar surface area (TPSA) is 55.4 Å². The summed E-state index contributed by atoms with van der Waals surface area (Å²) in [7, 11) is 1.26. The van der Waals surface area contributed by atoms with Crippen LogP contribution >= 0.6 is 0 Å². The predicted octanol–water partition coefficient (Wildman–Crippen LogP) is 2.05. The van der Waals surface area contributed by atoms with Gasteiger partial charge in [-0.3, -0.25) is 4.79 Å². The molecule has 1 amide bonds. The highest BCUT2D eigenvalue weighted by Gasteiger charge is 2.13. The number of rotatable bonds is 4. The summed E-state index contributed by atoms with van der Waals surface area (Å²) >= 11 is 0. The molecule has 1 aromatic rings. The lowest BCUT2D eigenvalue weighted by atomic mass is 10.2. The highest BCUT2D eigenvalue weighted by molar-refractivity contribution is 6.01. The van der Waals surface area contributed by atoms with Gasteiger partial charge in [-0.05, 0) is 25.1 Å². The third-order valence-electron chi connectivity index (χ3n) is 2.14. The van der Waals surface area contributed by atoms with E-state index in [0.717, 1.165) is 0 Å². The standard InChI is InChI=1S/C14H15NO3/c1-3-4-10-12(14(17)18-2)15-13(16)11-8-6-5-7-9-11/h3-10H,1-2H3,(H,15,16)/b4-3+,12-10-. The number of hydrogen-bond acceptors (Lipinski definition) is 3. The number of methoxy groups -OCH3 is 1. The third kappa shape index (κ3) is 3.90. The lowest BCUT2D eigenvalue weighted by Gasteiger charge is -2.07. The lowest BCUT2D eigenvalue weighted by molar-refractivity contribution is -0.136. The van der Waals surface area contributed by atoms with Crippen LogP contribution in [0.1, 0.15) is 17.3 Å². The van der Waals surface area contributed by atoms with Gasteiger partial charge >= 0.3 is 5.97 Å². The van der Waals surface area contributed by atoms with Crippen LogP contribution in [0, 0.1) is 0 Å². The van der Waals surface area contributed by atoms with Crippen LogP contribution in [0.3, 0.4) is 0 Å². The Bertz CT molecular complexity index is 475. The fourth-order valence-corrected chi connectivity index (χ4v) is 1.25. The highest BCUT2D eigenvalue weighted by Crippen LogP contribution is 2.01. The fraction of sp³-hybridized carbons (Fsp3) is 0.143. The molecule has 94 valence electrons.